The number of nitrogens with zero attached hydrogens (tertiary/aromatic N) is 2. The average molecular weight is 407 g/mol. The normalized spacial score (nSPS) is 17.7. The number of benzene rings is 2. The SMILES string of the molecule is CC(CN1CCOCC1)NC(=O)c1ccc2c(c1)C(=O)N(Cc1ccccc1)C2=O. The summed E-state index contributed by atoms with van der Waals surface area (Å²) >= 11 is 0. The van der Waals surface area contributed by atoms with Gasteiger partial charge in [0.05, 0.1) is 30.9 Å². The molecule has 2 aliphatic heterocycles. The summed E-state index contributed by atoms with van der Waals surface area (Å²) in [6, 6.07) is 14.0. The van der Waals surface area contributed by atoms with Crippen molar-refractivity contribution >= 4 is 17.7 Å². The molecular formula is C23H25N3O4. The summed E-state index contributed by atoms with van der Waals surface area (Å²) in [5.74, 6) is -0.943. The fourth-order valence-corrected chi connectivity index (χ4v) is 3.87. The van der Waals surface area contributed by atoms with Gasteiger partial charge in [-0.05, 0) is 30.7 Å². The first-order valence-electron chi connectivity index (χ1n) is 10.2. The molecule has 2 aliphatic rings. The third-order valence-corrected chi connectivity index (χ3v) is 5.43. The minimum Gasteiger partial charge on any atom is -0.379 e. The van der Waals surface area contributed by atoms with Crippen molar-refractivity contribution in [3.05, 3.63) is 70.8 Å². The van der Waals surface area contributed by atoms with Gasteiger partial charge < -0.3 is 10.1 Å². The highest BCUT2D eigenvalue weighted by molar-refractivity contribution is 6.22. The standard InChI is InChI=1S/C23H25N3O4/c1-16(14-25-9-11-30-12-10-25)24-21(27)18-7-8-19-20(13-18)23(29)26(22(19)28)15-17-5-3-2-4-6-17/h2-8,13,16H,9-12,14-15H2,1H3,(H,24,27). The van der Waals surface area contributed by atoms with Gasteiger partial charge in [-0.15, -0.1) is 0 Å². The molecule has 0 spiro atoms. The Hall–Kier alpha value is -3.03. The number of hydrogen-bond acceptors (Lipinski definition) is 5. The van der Waals surface area contributed by atoms with Crippen LogP contribution in [0.1, 0.15) is 43.6 Å². The molecule has 1 unspecified atom stereocenters. The molecule has 2 aromatic rings. The molecule has 1 atom stereocenters. The van der Waals surface area contributed by atoms with Crippen LogP contribution in [-0.2, 0) is 11.3 Å². The molecule has 156 valence electrons. The average Bonchev–Trinajstić information content (AvgIpc) is 2.99. The maximum Gasteiger partial charge on any atom is 0.261 e. The molecule has 7 heteroatoms. The summed E-state index contributed by atoms with van der Waals surface area (Å²) in [5, 5.41) is 2.98. The van der Waals surface area contributed by atoms with Crippen molar-refractivity contribution in [3.8, 4) is 0 Å². The molecule has 0 saturated carbocycles. The van der Waals surface area contributed by atoms with E-state index < -0.39 is 0 Å². The van der Waals surface area contributed by atoms with Gasteiger partial charge in [-0.3, -0.25) is 24.2 Å². The molecule has 30 heavy (non-hydrogen) atoms. The summed E-state index contributed by atoms with van der Waals surface area (Å²) in [7, 11) is 0. The lowest BCUT2D eigenvalue weighted by Crippen LogP contribution is -2.46. The van der Waals surface area contributed by atoms with Gasteiger partial charge in [0.25, 0.3) is 17.7 Å². The smallest absolute Gasteiger partial charge is 0.261 e. The number of nitrogens with one attached hydrogen (secondary N) is 1. The monoisotopic (exact) mass is 407 g/mol. The lowest BCUT2D eigenvalue weighted by atomic mass is 10.0. The van der Waals surface area contributed by atoms with Crippen LogP contribution in [0.2, 0.25) is 0 Å². The highest BCUT2D eigenvalue weighted by atomic mass is 16.5. The number of hydrogen-bond donors (Lipinski definition) is 1. The second kappa shape index (κ2) is 8.77. The Morgan fingerprint density at radius 3 is 2.47 bits per heavy atom. The first-order valence-corrected chi connectivity index (χ1v) is 10.2. The summed E-state index contributed by atoms with van der Waals surface area (Å²) in [5.41, 5.74) is 1.88. The summed E-state index contributed by atoms with van der Waals surface area (Å²) in [6.07, 6.45) is 0. The Bertz CT molecular complexity index is 954. The predicted molar refractivity (Wildman–Crippen MR) is 111 cm³/mol. The van der Waals surface area contributed by atoms with Gasteiger partial charge in [0.2, 0.25) is 0 Å². The van der Waals surface area contributed by atoms with Gasteiger partial charge >= 0.3 is 0 Å². The van der Waals surface area contributed by atoms with E-state index in [0.717, 1.165) is 25.2 Å². The van der Waals surface area contributed by atoms with Gasteiger partial charge in [-0.25, -0.2) is 0 Å². The molecule has 0 bridgehead atoms. The summed E-state index contributed by atoms with van der Waals surface area (Å²) in [4.78, 5) is 41.7. The van der Waals surface area contributed by atoms with Gasteiger partial charge in [0, 0.05) is 31.2 Å². The Labute approximate surface area is 175 Å². The van der Waals surface area contributed by atoms with Crippen LogP contribution in [-0.4, -0.2) is 66.4 Å². The van der Waals surface area contributed by atoms with E-state index in [1.165, 1.54) is 11.0 Å². The van der Waals surface area contributed by atoms with Crippen LogP contribution in [0.15, 0.2) is 48.5 Å². The van der Waals surface area contributed by atoms with E-state index in [2.05, 4.69) is 10.2 Å². The first kappa shape index (κ1) is 20.3. The molecule has 2 aromatic carbocycles. The minimum atomic E-state index is -0.366. The van der Waals surface area contributed by atoms with Gasteiger partial charge in [-0.1, -0.05) is 30.3 Å². The maximum atomic E-state index is 12.8. The van der Waals surface area contributed by atoms with Crippen LogP contribution in [0.5, 0.6) is 0 Å². The van der Waals surface area contributed by atoms with Crippen molar-refractivity contribution in [2.24, 2.45) is 0 Å². The quantitative estimate of drug-likeness (QED) is 0.741. The Morgan fingerprint density at radius 2 is 1.73 bits per heavy atom. The number of amides is 3. The first-order chi connectivity index (χ1) is 14.5. The molecule has 2 heterocycles. The summed E-state index contributed by atoms with van der Waals surface area (Å²) < 4.78 is 5.35. The molecule has 3 amide bonds. The van der Waals surface area contributed by atoms with E-state index in [1.807, 2.05) is 37.3 Å². The molecule has 1 fully saturated rings. The Kier molecular flexibility index (Phi) is 5.92. The van der Waals surface area contributed by atoms with Crippen LogP contribution < -0.4 is 5.32 Å². The second-order valence-electron chi connectivity index (χ2n) is 7.73. The highest BCUT2D eigenvalue weighted by Crippen LogP contribution is 2.25. The van der Waals surface area contributed by atoms with E-state index in [0.29, 0.717) is 24.3 Å². The second-order valence-corrected chi connectivity index (χ2v) is 7.73. The third-order valence-electron chi connectivity index (χ3n) is 5.43. The van der Waals surface area contributed by atoms with Crippen LogP contribution in [0.4, 0.5) is 0 Å². The van der Waals surface area contributed by atoms with Crippen LogP contribution in [0.25, 0.3) is 0 Å². The zero-order valence-corrected chi connectivity index (χ0v) is 17.0. The number of rotatable bonds is 6. The van der Waals surface area contributed by atoms with Crippen molar-refractivity contribution in [1.82, 2.24) is 15.1 Å². The minimum absolute atomic E-state index is 0.0456. The Morgan fingerprint density at radius 1 is 1.03 bits per heavy atom. The fourth-order valence-electron chi connectivity index (χ4n) is 3.87. The van der Waals surface area contributed by atoms with Crippen molar-refractivity contribution in [2.45, 2.75) is 19.5 Å². The topological polar surface area (TPSA) is 79.0 Å². The van der Waals surface area contributed by atoms with Gasteiger partial charge in [-0.2, -0.15) is 0 Å². The maximum absolute atomic E-state index is 12.8. The molecule has 7 nitrogen and oxygen atoms in total. The van der Waals surface area contributed by atoms with Crippen LogP contribution in [0, 0.1) is 0 Å². The molecule has 0 aliphatic carbocycles. The zero-order valence-electron chi connectivity index (χ0n) is 17.0. The fraction of sp³-hybridized carbons (Fsp3) is 0.348. The van der Waals surface area contributed by atoms with E-state index in [1.54, 1.807) is 12.1 Å². The number of fused-ring (bicyclic) bond motifs is 1. The van der Waals surface area contributed by atoms with Crippen molar-refractivity contribution in [3.63, 3.8) is 0 Å². The van der Waals surface area contributed by atoms with Crippen LogP contribution >= 0.6 is 0 Å². The largest absolute Gasteiger partial charge is 0.379 e. The summed E-state index contributed by atoms with van der Waals surface area (Å²) in [6.45, 7) is 6.03. The number of imide groups is 1. The molecule has 0 aromatic heterocycles. The number of carbonyl (C=O) groups is 3. The molecule has 4 rings (SSSR count). The van der Waals surface area contributed by atoms with E-state index in [9.17, 15) is 14.4 Å². The van der Waals surface area contributed by atoms with E-state index in [-0.39, 0.29) is 35.9 Å². The third kappa shape index (κ3) is 4.27. The number of morpholine rings is 1. The number of ether oxygens (including phenoxy) is 1. The van der Waals surface area contributed by atoms with E-state index in [4.69, 9.17) is 4.74 Å². The van der Waals surface area contributed by atoms with E-state index >= 15 is 0 Å². The Balaban J connectivity index is 1.43. The van der Waals surface area contributed by atoms with Gasteiger partial charge in [0.1, 0.15) is 0 Å². The van der Waals surface area contributed by atoms with Crippen LogP contribution in [0.3, 0.4) is 0 Å². The molecular weight excluding hydrogens is 382 g/mol. The lowest BCUT2D eigenvalue weighted by Gasteiger charge is -2.29. The lowest BCUT2D eigenvalue weighted by molar-refractivity contribution is 0.0342. The predicted octanol–water partition coefficient (Wildman–Crippen LogP) is 1.93. The molecule has 1 saturated heterocycles. The zero-order chi connectivity index (χ0) is 21.1. The highest BCUT2D eigenvalue weighted by Gasteiger charge is 2.36. The molecule has 1 N–H and O–H groups in total. The van der Waals surface area contributed by atoms with Gasteiger partial charge in [0.15, 0.2) is 0 Å². The van der Waals surface area contributed by atoms with Crippen molar-refractivity contribution in [1.29, 1.82) is 0 Å². The van der Waals surface area contributed by atoms with Crippen molar-refractivity contribution in [2.75, 3.05) is 32.8 Å². The van der Waals surface area contributed by atoms with Crippen molar-refractivity contribution < 1.29 is 19.1 Å². The molecule has 0 radical (unpaired) electrons. The number of carbonyl (C=O) groups excluding carboxylic acids is 3.